The quantitative estimate of drug-likeness (QED) is 0.764. The van der Waals surface area contributed by atoms with E-state index in [0.29, 0.717) is 5.91 Å². The van der Waals surface area contributed by atoms with Gasteiger partial charge in [0.25, 0.3) is 0 Å². The number of carbonyl (C=O) groups excluding carboxylic acids is 1. The molecule has 1 aromatic carbocycles. The van der Waals surface area contributed by atoms with Crippen molar-refractivity contribution in [2.75, 3.05) is 37.6 Å². The number of para-hydroxylation sites is 1. The first-order valence-corrected chi connectivity index (χ1v) is 10.4. The van der Waals surface area contributed by atoms with Crippen molar-refractivity contribution in [1.29, 1.82) is 0 Å². The molecular formula is C22H30N4O. The number of amides is 1. The third-order valence-electron chi connectivity index (χ3n) is 5.70. The van der Waals surface area contributed by atoms with Crippen LogP contribution in [0.15, 0.2) is 30.3 Å². The van der Waals surface area contributed by atoms with Crippen molar-refractivity contribution < 1.29 is 4.79 Å². The van der Waals surface area contributed by atoms with Crippen LogP contribution in [-0.4, -0.2) is 48.5 Å². The highest BCUT2D eigenvalue weighted by atomic mass is 16.2. The van der Waals surface area contributed by atoms with E-state index in [9.17, 15) is 4.79 Å². The van der Waals surface area contributed by atoms with Gasteiger partial charge in [-0.1, -0.05) is 18.2 Å². The molecule has 2 aliphatic rings. The van der Waals surface area contributed by atoms with Crippen LogP contribution in [0.5, 0.6) is 0 Å². The SMILES string of the molecule is O=C1CCCN1CCCNCc1cc2ccccc2nc1N1CCCCC1. The maximum Gasteiger partial charge on any atom is 0.222 e. The third kappa shape index (κ3) is 4.41. The normalized spacial score (nSPS) is 17.9. The first kappa shape index (κ1) is 18.2. The van der Waals surface area contributed by atoms with E-state index in [1.165, 1.54) is 30.2 Å². The highest BCUT2D eigenvalue weighted by molar-refractivity contribution is 5.82. The van der Waals surface area contributed by atoms with Gasteiger partial charge < -0.3 is 15.1 Å². The Balaban J connectivity index is 1.40. The van der Waals surface area contributed by atoms with Gasteiger partial charge in [0.05, 0.1) is 5.52 Å². The molecule has 2 fully saturated rings. The fraction of sp³-hybridized carbons (Fsp3) is 0.545. The van der Waals surface area contributed by atoms with Crippen molar-refractivity contribution in [3.63, 3.8) is 0 Å². The molecule has 0 atom stereocenters. The molecule has 144 valence electrons. The summed E-state index contributed by atoms with van der Waals surface area (Å²) in [6, 6.07) is 10.7. The molecule has 1 aromatic heterocycles. The number of likely N-dealkylation sites (tertiary alicyclic amines) is 1. The lowest BCUT2D eigenvalue weighted by molar-refractivity contribution is -0.127. The number of piperidine rings is 1. The van der Waals surface area contributed by atoms with E-state index >= 15 is 0 Å². The van der Waals surface area contributed by atoms with Crippen LogP contribution in [-0.2, 0) is 11.3 Å². The summed E-state index contributed by atoms with van der Waals surface area (Å²) in [5.41, 5.74) is 2.36. The summed E-state index contributed by atoms with van der Waals surface area (Å²) in [7, 11) is 0. The van der Waals surface area contributed by atoms with E-state index in [1.54, 1.807) is 0 Å². The number of pyridine rings is 1. The number of fused-ring (bicyclic) bond motifs is 1. The Bertz CT molecular complexity index is 785. The van der Waals surface area contributed by atoms with Gasteiger partial charge in [-0.05, 0) is 50.8 Å². The molecule has 0 radical (unpaired) electrons. The second-order valence-corrected chi connectivity index (χ2v) is 7.73. The molecule has 0 bridgehead atoms. The molecule has 4 rings (SSSR count). The molecule has 5 nitrogen and oxygen atoms in total. The van der Waals surface area contributed by atoms with Crippen LogP contribution in [0.25, 0.3) is 10.9 Å². The maximum absolute atomic E-state index is 11.7. The summed E-state index contributed by atoms with van der Waals surface area (Å²) >= 11 is 0. The van der Waals surface area contributed by atoms with Gasteiger partial charge in [0.2, 0.25) is 5.91 Å². The predicted molar refractivity (Wildman–Crippen MR) is 110 cm³/mol. The van der Waals surface area contributed by atoms with Gasteiger partial charge in [-0.15, -0.1) is 0 Å². The van der Waals surface area contributed by atoms with E-state index in [0.717, 1.165) is 69.9 Å². The minimum atomic E-state index is 0.320. The van der Waals surface area contributed by atoms with Crippen LogP contribution >= 0.6 is 0 Å². The Morgan fingerprint density at radius 2 is 1.89 bits per heavy atom. The lowest BCUT2D eigenvalue weighted by atomic mass is 10.1. The topological polar surface area (TPSA) is 48.5 Å². The van der Waals surface area contributed by atoms with Crippen LogP contribution in [0.2, 0.25) is 0 Å². The summed E-state index contributed by atoms with van der Waals surface area (Å²) in [6.45, 7) is 5.78. The van der Waals surface area contributed by atoms with Crippen LogP contribution in [0.1, 0.15) is 44.1 Å². The largest absolute Gasteiger partial charge is 0.356 e. The number of hydrogen-bond donors (Lipinski definition) is 1. The zero-order chi connectivity index (χ0) is 18.5. The van der Waals surface area contributed by atoms with E-state index in [4.69, 9.17) is 4.98 Å². The minimum absolute atomic E-state index is 0.320. The van der Waals surface area contributed by atoms with E-state index in [1.807, 2.05) is 4.90 Å². The maximum atomic E-state index is 11.7. The van der Waals surface area contributed by atoms with Crippen LogP contribution in [0.3, 0.4) is 0 Å². The summed E-state index contributed by atoms with van der Waals surface area (Å²) in [4.78, 5) is 21.2. The Labute approximate surface area is 161 Å². The van der Waals surface area contributed by atoms with Crippen LogP contribution in [0.4, 0.5) is 5.82 Å². The molecule has 2 saturated heterocycles. The van der Waals surface area contributed by atoms with Gasteiger partial charge in [-0.3, -0.25) is 4.79 Å². The lowest BCUT2D eigenvalue weighted by Crippen LogP contribution is -2.32. The molecule has 1 amide bonds. The smallest absolute Gasteiger partial charge is 0.222 e. The van der Waals surface area contributed by atoms with E-state index in [2.05, 4.69) is 40.5 Å². The average molecular weight is 367 g/mol. The molecule has 0 spiro atoms. The van der Waals surface area contributed by atoms with Gasteiger partial charge in [0, 0.05) is 50.1 Å². The number of aromatic nitrogens is 1. The van der Waals surface area contributed by atoms with E-state index in [-0.39, 0.29) is 0 Å². The highest BCUT2D eigenvalue weighted by Crippen LogP contribution is 2.26. The molecule has 2 aliphatic heterocycles. The molecule has 1 N–H and O–H groups in total. The zero-order valence-corrected chi connectivity index (χ0v) is 16.1. The van der Waals surface area contributed by atoms with Gasteiger partial charge in [-0.25, -0.2) is 4.98 Å². The zero-order valence-electron chi connectivity index (χ0n) is 16.1. The summed E-state index contributed by atoms with van der Waals surface area (Å²) in [5.74, 6) is 1.47. The molecule has 27 heavy (non-hydrogen) atoms. The number of anilines is 1. The van der Waals surface area contributed by atoms with Gasteiger partial charge >= 0.3 is 0 Å². The van der Waals surface area contributed by atoms with Gasteiger partial charge in [0.1, 0.15) is 5.82 Å². The number of rotatable bonds is 7. The van der Waals surface area contributed by atoms with Crippen molar-refractivity contribution in [2.45, 2.75) is 45.1 Å². The molecule has 2 aromatic rings. The van der Waals surface area contributed by atoms with Crippen molar-refractivity contribution in [3.8, 4) is 0 Å². The molecule has 3 heterocycles. The summed E-state index contributed by atoms with van der Waals surface area (Å²) < 4.78 is 0. The van der Waals surface area contributed by atoms with Crippen molar-refractivity contribution in [2.24, 2.45) is 0 Å². The lowest BCUT2D eigenvalue weighted by Gasteiger charge is -2.30. The Morgan fingerprint density at radius 1 is 1.04 bits per heavy atom. The second kappa shape index (κ2) is 8.70. The number of carbonyl (C=O) groups is 1. The van der Waals surface area contributed by atoms with Gasteiger partial charge in [0.15, 0.2) is 0 Å². The van der Waals surface area contributed by atoms with Crippen LogP contribution in [0, 0.1) is 0 Å². The van der Waals surface area contributed by atoms with Crippen LogP contribution < -0.4 is 10.2 Å². The fourth-order valence-corrected chi connectivity index (χ4v) is 4.22. The van der Waals surface area contributed by atoms with E-state index < -0.39 is 0 Å². The molecular weight excluding hydrogens is 336 g/mol. The first-order chi connectivity index (χ1) is 13.3. The Morgan fingerprint density at radius 3 is 2.70 bits per heavy atom. The number of nitrogens with one attached hydrogen (secondary N) is 1. The summed E-state index contributed by atoms with van der Waals surface area (Å²) in [6.07, 6.45) is 6.60. The second-order valence-electron chi connectivity index (χ2n) is 7.73. The number of hydrogen-bond acceptors (Lipinski definition) is 4. The molecule has 5 heteroatoms. The van der Waals surface area contributed by atoms with Crippen molar-refractivity contribution >= 4 is 22.6 Å². The molecule has 0 unspecified atom stereocenters. The summed E-state index contributed by atoms with van der Waals surface area (Å²) in [5, 5.41) is 4.79. The monoisotopic (exact) mass is 366 g/mol. The Hall–Kier alpha value is -2.14. The Kier molecular flexibility index (Phi) is 5.87. The third-order valence-corrected chi connectivity index (χ3v) is 5.70. The van der Waals surface area contributed by atoms with Crippen molar-refractivity contribution in [1.82, 2.24) is 15.2 Å². The highest BCUT2D eigenvalue weighted by Gasteiger charge is 2.19. The number of nitrogens with zero attached hydrogens (tertiary/aromatic N) is 3. The number of benzene rings is 1. The standard InChI is InChI=1S/C22H30N4O/c27-21-10-6-14-25(21)15-7-11-23-17-19-16-18-8-2-3-9-20(18)24-22(19)26-12-4-1-5-13-26/h2-3,8-9,16,23H,1,4-7,10-15,17H2. The average Bonchev–Trinajstić information content (AvgIpc) is 3.12. The van der Waals surface area contributed by atoms with Crippen molar-refractivity contribution in [3.05, 3.63) is 35.9 Å². The van der Waals surface area contributed by atoms with Gasteiger partial charge in [-0.2, -0.15) is 0 Å². The predicted octanol–water partition coefficient (Wildman–Crippen LogP) is 3.33. The molecule has 0 saturated carbocycles. The minimum Gasteiger partial charge on any atom is -0.356 e. The molecule has 0 aliphatic carbocycles. The first-order valence-electron chi connectivity index (χ1n) is 10.4. The fourth-order valence-electron chi connectivity index (χ4n) is 4.22.